The number of hydrogen-bond donors (Lipinski definition) is 0. The number of aryl methyl sites for hydroxylation is 3. The van der Waals surface area contributed by atoms with E-state index in [4.69, 9.17) is 14.0 Å². The van der Waals surface area contributed by atoms with E-state index in [2.05, 4.69) is 23.4 Å². The molecule has 0 saturated heterocycles. The maximum absolute atomic E-state index is 13.5. The quantitative estimate of drug-likeness (QED) is 0.366. The topological polar surface area (TPSA) is 64.8 Å². The van der Waals surface area contributed by atoms with Crippen molar-refractivity contribution in [3.05, 3.63) is 100 Å². The van der Waals surface area contributed by atoms with Gasteiger partial charge in [0.25, 0.3) is 5.91 Å². The van der Waals surface area contributed by atoms with Crippen LogP contribution >= 0.6 is 0 Å². The SMILES string of the molecule is Cc1ccc(C(=O)N(Cc2ccc3c(c2)OCO3)Cc2cc(-c3cc(C)ccc3C)on2)cc1. The van der Waals surface area contributed by atoms with Crippen LogP contribution in [0.25, 0.3) is 11.3 Å². The lowest BCUT2D eigenvalue weighted by Gasteiger charge is -2.22. The van der Waals surface area contributed by atoms with Crippen molar-refractivity contribution in [1.82, 2.24) is 10.1 Å². The van der Waals surface area contributed by atoms with Gasteiger partial charge in [0, 0.05) is 23.7 Å². The number of nitrogens with zero attached hydrogens (tertiary/aromatic N) is 2. The Bertz CT molecular complexity index is 1340. The van der Waals surface area contributed by atoms with Crippen LogP contribution in [0.5, 0.6) is 11.5 Å². The molecule has 5 rings (SSSR count). The van der Waals surface area contributed by atoms with Gasteiger partial charge < -0.3 is 18.9 Å². The number of fused-ring (bicyclic) bond motifs is 1. The summed E-state index contributed by atoms with van der Waals surface area (Å²) in [6.45, 7) is 7.02. The van der Waals surface area contributed by atoms with Gasteiger partial charge in [0.15, 0.2) is 17.3 Å². The molecule has 172 valence electrons. The molecular weight excluding hydrogens is 428 g/mol. The van der Waals surface area contributed by atoms with Crippen LogP contribution < -0.4 is 9.47 Å². The highest BCUT2D eigenvalue weighted by Gasteiger charge is 2.21. The molecule has 0 saturated carbocycles. The lowest BCUT2D eigenvalue weighted by Crippen LogP contribution is -2.30. The van der Waals surface area contributed by atoms with Crippen LogP contribution in [-0.4, -0.2) is 22.8 Å². The molecule has 2 heterocycles. The first-order valence-corrected chi connectivity index (χ1v) is 11.2. The summed E-state index contributed by atoms with van der Waals surface area (Å²) in [6.07, 6.45) is 0. The predicted molar refractivity (Wildman–Crippen MR) is 129 cm³/mol. The number of rotatable bonds is 6. The van der Waals surface area contributed by atoms with Crippen LogP contribution in [0, 0.1) is 20.8 Å². The number of carbonyl (C=O) groups is 1. The maximum atomic E-state index is 13.5. The molecule has 6 nitrogen and oxygen atoms in total. The van der Waals surface area contributed by atoms with Crippen LogP contribution in [0.2, 0.25) is 0 Å². The fourth-order valence-corrected chi connectivity index (χ4v) is 4.05. The standard InChI is InChI=1S/C28H26N2O4/c1-18-5-9-22(10-6-18)28(31)30(15-21-8-11-25-27(13-21)33-17-32-25)16-23-14-26(34-29-23)24-12-19(2)4-7-20(24)3/h4-14H,15-17H2,1-3H3. The highest BCUT2D eigenvalue weighted by Crippen LogP contribution is 2.33. The van der Waals surface area contributed by atoms with Gasteiger partial charge in [-0.2, -0.15) is 0 Å². The second-order valence-corrected chi connectivity index (χ2v) is 8.72. The maximum Gasteiger partial charge on any atom is 0.254 e. The number of hydrogen-bond acceptors (Lipinski definition) is 5. The molecule has 0 N–H and O–H groups in total. The van der Waals surface area contributed by atoms with Crippen LogP contribution in [0.15, 0.2) is 71.3 Å². The van der Waals surface area contributed by atoms with Crippen molar-refractivity contribution < 1.29 is 18.8 Å². The van der Waals surface area contributed by atoms with Crippen molar-refractivity contribution >= 4 is 5.91 Å². The van der Waals surface area contributed by atoms with E-state index in [0.717, 1.165) is 33.6 Å². The third-order valence-corrected chi connectivity index (χ3v) is 5.97. The molecule has 0 atom stereocenters. The molecule has 1 aromatic heterocycles. The molecule has 0 bridgehead atoms. The predicted octanol–water partition coefficient (Wildman–Crippen LogP) is 5.84. The fourth-order valence-electron chi connectivity index (χ4n) is 4.05. The monoisotopic (exact) mass is 454 g/mol. The highest BCUT2D eigenvalue weighted by atomic mass is 16.7. The zero-order chi connectivity index (χ0) is 23.7. The van der Waals surface area contributed by atoms with E-state index in [9.17, 15) is 4.79 Å². The fraction of sp³-hybridized carbons (Fsp3) is 0.214. The summed E-state index contributed by atoms with van der Waals surface area (Å²) in [6, 6.07) is 21.5. The minimum Gasteiger partial charge on any atom is -0.454 e. The Hall–Kier alpha value is -4.06. The first kappa shape index (κ1) is 21.8. The molecule has 0 radical (unpaired) electrons. The third-order valence-electron chi connectivity index (χ3n) is 5.97. The van der Waals surface area contributed by atoms with Gasteiger partial charge in [-0.1, -0.05) is 46.6 Å². The number of carbonyl (C=O) groups excluding carboxylic acids is 1. The van der Waals surface area contributed by atoms with Crippen molar-refractivity contribution in [2.45, 2.75) is 33.9 Å². The van der Waals surface area contributed by atoms with Crippen molar-refractivity contribution in [2.75, 3.05) is 6.79 Å². The van der Waals surface area contributed by atoms with Crippen molar-refractivity contribution in [1.29, 1.82) is 0 Å². The second kappa shape index (κ2) is 9.06. The van der Waals surface area contributed by atoms with Gasteiger partial charge >= 0.3 is 0 Å². The molecule has 0 fully saturated rings. The first-order valence-electron chi connectivity index (χ1n) is 11.2. The van der Waals surface area contributed by atoms with E-state index in [1.807, 2.05) is 69.3 Å². The van der Waals surface area contributed by atoms with E-state index in [1.54, 1.807) is 4.90 Å². The lowest BCUT2D eigenvalue weighted by atomic mass is 10.0. The molecular formula is C28H26N2O4. The summed E-state index contributed by atoms with van der Waals surface area (Å²) in [7, 11) is 0. The Morgan fingerprint density at radius 1 is 0.853 bits per heavy atom. The number of amides is 1. The van der Waals surface area contributed by atoms with Gasteiger partial charge in [0.2, 0.25) is 6.79 Å². The summed E-state index contributed by atoms with van der Waals surface area (Å²) < 4.78 is 16.6. The van der Waals surface area contributed by atoms with Crippen LogP contribution in [0.3, 0.4) is 0 Å². The van der Waals surface area contributed by atoms with Gasteiger partial charge in [0.05, 0.1) is 6.54 Å². The second-order valence-electron chi connectivity index (χ2n) is 8.72. The summed E-state index contributed by atoms with van der Waals surface area (Å²) in [5.74, 6) is 2.03. The molecule has 0 spiro atoms. The minimum absolute atomic E-state index is 0.0750. The van der Waals surface area contributed by atoms with Crippen LogP contribution in [-0.2, 0) is 13.1 Å². The molecule has 1 amide bonds. The third kappa shape index (κ3) is 4.53. The Morgan fingerprint density at radius 3 is 2.44 bits per heavy atom. The van der Waals surface area contributed by atoms with Crippen molar-refractivity contribution in [3.63, 3.8) is 0 Å². The van der Waals surface area contributed by atoms with Crippen LogP contribution in [0.4, 0.5) is 0 Å². The van der Waals surface area contributed by atoms with E-state index in [1.165, 1.54) is 0 Å². The van der Waals surface area contributed by atoms with Crippen LogP contribution in [0.1, 0.15) is 38.3 Å². The summed E-state index contributed by atoms with van der Waals surface area (Å²) in [4.78, 5) is 15.3. The van der Waals surface area contributed by atoms with Gasteiger partial charge in [-0.05, 0) is 62.2 Å². The number of ether oxygens (including phenoxy) is 2. The van der Waals surface area contributed by atoms with E-state index in [0.29, 0.717) is 35.9 Å². The lowest BCUT2D eigenvalue weighted by molar-refractivity contribution is 0.0726. The van der Waals surface area contributed by atoms with E-state index < -0.39 is 0 Å². The van der Waals surface area contributed by atoms with Crippen molar-refractivity contribution in [3.8, 4) is 22.8 Å². The summed E-state index contributed by atoms with van der Waals surface area (Å²) in [5.41, 5.74) is 6.64. The summed E-state index contributed by atoms with van der Waals surface area (Å²) in [5, 5.41) is 4.28. The largest absolute Gasteiger partial charge is 0.454 e. The zero-order valence-electron chi connectivity index (χ0n) is 19.5. The molecule has 1 aliphatic heterocycles. The zero-order valence-corrected chi connectivity index (χ0v) is 19.5. The van der Waals surface area contributed by atoms with E-state index >= 15 is 0 Å². The van der Waals surface area contributed by atoms with Crippen molar-refractivity contribution in [2.24, 2.45) is 0 Å². The van der Waals surface area contributed by atoms with Gasteiger partial charge in [-0.3, -0.25) is 4.79 Å². The van der Waals surface area contributed by atoms with Gasteiger partial charge in [-0.25, -0.2) is 0 Å². The Morgan fingerprint density at radius 2 is 1.62 bits per heavy atom. The van der Waals surface area contributed by atoms with Gasteiger partial charge in [-0.15, -0.1) is 0 Å². The molecule has 4 aromatic rings. The first-order chi connectivity index (χ1) is 16.5. The average molecular weight is 455 g/mol. The number of aromatic nitrogens is 1. The van der Waals surface area contributed by atoms with E-state index in [-0.39, 0.29) is 12.7 Å². The molecule has 34 heavy (non-hydrogen) atoms. The minimum atomic E-state index is -0.0750. The molecule has 6 heteroatoms. The van der Waals surface area contributed by atoms with Gasteiger partial charge in [0.1, 0.15) is 5.69 Å². The normalized spacial score (nSPS) is 12.1. The molecule has 0 unspecified atom stereocenters. The average Bonchev–Trinajstić information content (AvgIpc) is 3.49. The molecule has 0 aliphatic carbocycles. The molecule has 1 aliphatic rings. The highest BCUT2D eigenvalue weighted by molar-refractivity contribution is 5.94. The smallest absolute Gasteiger partial charge is 0.254 e. The Labute approximate surface area is 198 Å². The Balaban J connectivity index is 1.43. The molecule has 3 aromatic carbocycles. The Kier molecular flexibility index (Phi) is 5.80. The number of benzene rings is 3. The summed E-state index contributed by atoms with van der Waals surface area (Å²) >= 11 is 0.